The summed E-state index contributed by atoms with van der Waals surface area (Å²) in [5, 5.41) is 16.9. The molecule has 9 nitrogen and oxygen atoms in total. The van der Waals surface area contributed by atoms with E-state index in [1.165, 1.54) is 74.6 Å². The number of hydrogen-bond donors (Lipinski definition) is 2. The molecule has 49 heavy (non-hydrogen) atoms. The molecule has 2 N–H and O–H groups in total. The van der Waals surface area contributed by atoms with Crippen LogP contribution >= 0.6 is 35.6 Å². The molecule has 0 unspecified atom stereocenters. The monoisotopic (exact) mass is 736 g/mol. The summed E-state index contributed by atoms with van der Waals surface area (Å²) in [6.07, 6.45) is 0.293. The average Bonchev–Trinajstić information content (AvgIpc) is 3.33. The van der Waals surface area contributed by atoms with Crippen molar-refractivity contribution in [1.29, 1.82) is 5.26 Å². The number of carbonyl (C=O) groups excluding carboxylic acids is 3. The Bertz CT molecular complexity index is 1780. The summed E-state index contributed by atoms with van der Waals surface area (Å²) in [5.41, 5.74) is -2.13. The van der Waals surface area contributed by atoms with Crippen molar-refractivity contribution < 1.29 is 32.6 Å². The Hall–Kier alpha value is -3.95. The number of nitrogens with one attached hydrogen (secondary N) is 2. The highest BCUT2D eigenvalue weighted by Crippen LogP contribution is 2.53. The SMILES string of the molecule is COc1cc(C(=O)OCC(=O)N(C)C)ccc1NC(=O)[C@@H]1N[C@@H](CC(C)(C)C)[C@](C#N)(c2ccc(Cl)cc2F)[C@H]1c1cccc(Cl)c1F.Cl. The molecular weight excluding hydrogens is 701 g/mol. The van der Waals surface area contributed by atoms with Crippen molar-refractivity contribution in [2.75, 3.05) is 33.1 Å². The molecule has 0 saturated carbocycles. The molecule has 0 aromatic heterocycles. The van der Waals surface area contributed by atoms with Crippen molar-refractivity contribution in [2.45, 2.75) is 50.6 Å². The fraction of sp³-hybridized carbons (Fsp3) is 0.371. The molecule has 1 heterocycles. The molecule has 0 aliphatic carbocycles. The van der Waals surface area contributed by atoms with Gasteiger partial charge in [0.15, 0.2) is 6.61 Å². The topological polar surface area (TPSA) is 121 Å². The summed E-state index contributed by atoms with van der Waals surface area (Å²) in [7, 11) is 4.38. The molecule has 14 heteroatoms. The zero-order valence-electron chi connectivity index (χ0n) is 27.7. The Balaban J connectivity index is 0.00000650. The lowest BCUT2D eigenvalue weighted by Crippen LogP contribution is -2.45. The number of nitriles is 1. The summed E-state index contributed by atoms with van der Waals surface area (Å²) in [6.45, 7) is 5.34. The van der Waals surface area contributed by atoms with Gasteiger partial charge in [0.05, 0.1) is 35.5 Å². The largest absolute Gasteiger partial charge is 0.495 e. The van der Waals surface area contributed by atoms with E-state index in [4.69, 9.17) is 32.7 Å². The Morgan fingerprint density at radius 3 is 2.37 bits per heavy atom. The first-order valence-corrected chi connectivity index (χ1v) is 15.7. The smallest absolute Gasteiger partial charge is 0.338 e. The third-order valence-electron chi connectivity index (χ3n) is 8.25. The molecule has 4 atom stereocenters. The van der Waals surface area contributed by atoms with Gasteiger partial charge in [-0.05, 0) is 53.8 Å². The maximum absolute atomic E-state index is 15.9. The van der Waals surface area contributed by atoms with Gasteiger partial charge in [0.1, 0.15) is 22.8 Å². The maximum Gasteiger partial charge on any atom is 0.338 e. The molecule has 3 aromatic rings. The van der Waals surface area contributed by atoms with E-state index in [1.54, 1.807) is 0 Å². The number of likely N-dealkylation sites (N-methyl/N-ethyl adjacent to an activating group) is 1. The minimum Gasteiger partial charge on any atom is -0.495 e. The molecule has 0 radical (unpaired) electrons. The zero-order valence-corrected chi connectivity index (χ0v) is 30.0. The standard InChI is InChI=1S/C35H36Cl2F2N4O5.ClH/c1-34(2,3)16-27-35(18-40,22-12-11-20(36)15-24(22)38)29(21-8-7-9-23(37)30(21)39)31(42-27)32(45)41-25-13-10-19(14-26(25)47-6)33(46)48-17-28(44)43(4)5;/h7-15,27,29,31,42H,16-17H2,1-6H3,(H,41,45);1H/t27-,29-,31+,35-;/m0./s1. The van der Waals surface area contributed by atoms with Crippen LogP contribution in [-0.2, 0) is 19.7 Å². The molecule has 3 aromatic carbocycles. The summed E-state index contributed by atoms with van der Waals surface area (Å²) in [5.74, 6) is -4.71. The van der Waals surface area contributed by atoms with Crippen molar-refractivity contribution in [3.8, 4) is 11.8 Å². The van der Waals surface area contributed by atoms with Gasteiger partial charge < -0.3 is 25.0 Å². The van der Waals surface area contributed by atoms with Crippen LogP contribution in [0.25, 0.3) is 0 Å². The number of nitrogens with zero attached hydrogens (tertiary/aromatic N) is 2. The van der Waals surface area contributed by atoms with E-state index in [0.717, 1.165) is 6.07 Å². The maximum atomic E-state index is 15.9. The minimum atomic E-state index is -1.81. The van der Waals surface area contributed by atoms with E-state index in [1.807, 2.05) is 20.8 Å². The number of amides is 2. The van der Waals surface area contributed by atoms with Crippen molar-refractivity contribution in [3.63, 3.8) is 0 Å². The predicted octanol–water partition coefficient (Wildman–Crippen LogP) is 6.91. The fourth-order valence-corrected chi connectivity index (χ4v) is 6.37. The molecule has 0 bridgehead atoms. The van der Waals surface area contributed by atoms with Gasteiger partial charge in [0.25, 0.3) is 5.91 Å². The zero-order chi connectivity index (χ0) is 35.6. The number of carbonyl (C=O) groups is 3. The Kier molecular flexibility index (Phi) is 12.7. The molecule has 0 spiro atoms. The van der Waals surface area contributed by atoms with Crippen LogP contribution in [0.5, 0.6) is 5.75 Å². The van der Waals surface area contributed by atoms with Crippen LogP contribution in [0.15, 0.2) is 54.6 Å². The molecule has 1 saturated heterocycles. The first-order valence-electron chi connectivity index (χ1n) is 15.0. The van der Waals surface area contributed by atoms with Crippen LogP contribution < -0.4 is 15.4 Å². The van der Waals surface area contributed by atoms with E-state index in [9.17, 15) is 19.6 Å². The van der Waals surface area contributed by atoms with Crippen LogP contribution in [-0.4, -0.2) is 62.6 Å². The average molecular weight is 738 g/mol. The Morgan fingerprint density at radius 1 is 1.08 bits per heavy atom. The van der Waals surface area contributed by atoms with Crippen LogP contribution in [0.3, 0.4) is 0 Å². The summed E-state index contributed by atoms with van der Waals surface area (Å²) < 4.78 is 42.3. The van der Waals surface area contributed by atoms with E-state index < -0.39 is 64.9 Å². The highest BCUT2D eigenvalue weighted by molar-refractivity contribution is 6.31. The highest BCUT2D eigenvalue weighted by Gasteiger charge is 2.61. The predicted molar refractivity (Wildman–Crippen MR) is 185 cm³/mol. The lowest BCUT2D eigenvalue weighted by atomic mass is 9.62. The first-order chi connectivity index (χ1) is 22.5. The second kappa shape index (κ2) is 15.7. The van der Waals surface area contributed by atoms with Crippen molar-refractivity contribution in [2.24, 2.45) is 5.41 Å². The minimum absolute atomic E-state index is 0. The van der Waals surface area contributed by atoms with E-state index >= 15 is 8.78 Å². The normalized spacial score (nSPS) is 20.1. The quantitative estimate of drug-likeness (QED) is 0.229. The van der Waals surface area contributed by atoms with Gasteiger partial charge in [-0.25, -0.2) is 13.6 Å². The van der Waals surface area contributed by atoms with Gasteiger partial charge >= 0.3 is 5.97 Å². The molecule has 4 rings (SSSR count). The summed E-state index contributed by atoms with van der Waals surface area (Å²) in [6, 6.07) is 12.5. The van der Waals surface area contributed by atoms with Gasteiger partial charge in [-0.2, -0.15) is 5.26 Å². The lowest BCUT2D eigenvalue weighted by molar-refractivity contribution is -0.132. The number of ether oxygens (including phenoxy) is 2. The van der Waals surface area contributed by atoms with E-state index in [-0.39, 0.29) is 50.6 Å². The van der Waals surface area contributed by atoms with Crippen LogP contribution in [0.1, 0.15) is 54.6 Å². The number of rotatable bonds is 9. The Labute approximate surface area is 300 Å². The number of hydrogen-bond acceptors (Lipinski definition) is 7. The number of methoxy groups -OCH3 is 1. The molecule has 262 valence electrons. The van der Waals surface area contributed by atoms with Crippen molar-refractivity contribution in [3.05, 3.63) is 93.0 Å². The van der Waals surface area contributed by atoms with Gasteiger partial charge in [0.2, 0.25) is 5.91 Å². The van der Waals surface area contributed by atoms with Gasteiger partial charge in [0, 0.05) is 36.6 Å². The first kappa shape index (κ1) is 39.5. The third-order valence-corrected chi connectivity index (χ3v) is 8.78. The number of halogens is 5. The second-order valence-electron chi connectivity index (χ2n) is 13.0. The summed E-state index contributed by atoms with van der Waals surface area (Å²) >= 11 is 12.3. The van der Waals surface area contributed by atoms with Crippen LogP contribution in [0, 0.1) is 28.4 Å². The lowest BCUT2D eigenvalue weighted by Gasteiger charge is -2.37. The highest BCUT2D eigenvalue weighted by atomic mass is 35.5. The third kappa shape index (κ3) is 8.27. The van der Waals surface area contributed by atoms with Crippen molar-refractivity contribution >= 4 is 59.1 Å². The van der Waals surface area contributed by atoms with Crippen LogP contribution in [0.4, 0.5) is 14.5 Å². The summed E-state index contributed by atoms with van der Waals surface area (Å²) in [4.78, 5) is 40.0. The number of benzene rings is 3. The van der Waals surface area contributed by atoms with Gasteiger partial charge in [-0.1, -0.05) is 62.2 Å². The number of esters is 1. The van der Waals surface area contributed by atoms with E-state index in [2.05, 4.69) is 16.7 Å². The van der Waals surface area contributed by atoms with Crippen LogP contribution in [0.2, 0.25) is 10.0 Å². The van der Waals surface area contributed by atoms with Gasteiger partial charge in [-0.3, -0.25) is 9.59 Å². The molecule has 1 aliphatic heterocycles. The Morgan fingerprint density at radius 2 is 1.78 bits per heavy atom. The number of anilines is 1. The molecule has 1 aliphatic rings. The molecule has 1 fully saturated rings. The molecular formula is C35H37Cl3F2N4O5. The van der Waals surface area contributed by atoms with Gasteiger partial charge in [-0.15, -0.1) is 12.4 Å². The van der Waals surface area contributed by atoms with Crippen molar-refractivity contribution in [1.82, 2.24) is 10.2 Å². The second-order valence-corrected chi connectivity index (χ2v) is 13.8. The molecule has 2 amide bonds. The fourth-order valence-electron chi connectivity index (χ4n) is 6.03. The van der Waals surface area contributed by atoms with E-state index in [0.29, 0.717) is 6.42 Å².